The highest BCUT2D eigenvalue weighted by molar-refractivity contribution is 7.99. The summed E-state index contributed by atoms with van der Waals surface area (Å²) in [5.74, 6) is 2.21. The number of thioether (sulfide) groups is 1. The standard InChI is InChI=1S/C14H20N2OS/c1-2-9-18-10-8-16-11-13(15-14(16)17)12-6-4-3-5-7-12/h3-7,13H,2,8-11H2,1H3,(H,15,17). The Kier molecular flexibility index (Phi) is 4.93. The maximum absolute atomic E-state index is 11.8. The van der Waals surface area contributed by atoms with Gasteiger partial charge in [0.15, 0.2) is 0 Å². The van der Waals surface area contributed by atoms with E-state index in [2.05, 4.69) is 24.4 Å². The van der Waals surface area contributed by atoms with Crippen molar-refractivity contribution in [3.05, 3.63) is 35.9 Å². The second kappa shape index (κ2) is 6.69. The van der Waals surface area contributed by atoms with Crippen LogP contribution in [0.3, 0.4) is 0 Å². The molecular formula is C14H20N2OS. The van der Waals surface area contributed by atoms with Gasteiger partial charge >= 0.3 is 6.03 Å². The number of benzene rings is 1. The highest BCUT2D eigenvalue weighted by Gasteiger charge is 2.28. The van der Waals surface area contributed by atoms with Gasteiger partial charge in [-0.3, -0.25) is 0 Å². The SMILES string of the molecule is CCCSCCN1CC(c2ccccc2)NC1=O. The number of carbonyl (C=O) groups excluding carboxylic acids is 1. The molecule has 3 nitrogen and oxygen atoms in total. The van der Waals surface area contributed by atoms with Crippen LogP contribution in [-0.4, -0.2) is 35.5 Å². The Balaban J connectivity index is 1.83. The van der Waals surface area contributed by atoms with Gasteiger partial charge in [0, 0.05) is 18.8 Å². The molecule has 1 aliphatic rings. The zero-order valence-electron chi connectivity index (χ0n) is 10.8. The lowest BCUT2D eigenvalue weighted by Crippen LogP contribution is -2.30. The van der Waals surface area contributed by atoms with Crippen molar-refractivity contribution >= 4 is 17.8 Å². The van der Waals surface area contributed by atoms with E-state index in [4.69, 9.17) is 0 Å². The smallest absolute Gasteiger partial charge is 0.318 e. The first-order chi connectivity index (χ1) is 8.81. The fourth-order valence-corrected chi connectivity index (χ4v) is 2.92. The second-order valence-electron chi connectivity index (χ2n) is 4.47. The molecule has 1 atom stereocenters. The molecule has 1 unspecified atom stereocenters. The van der Waals surface area contributed by atoms with Gasteiger partial charge < -0.3 is 10.2 Å². The first-order valence-electron chi connectivity index (χ1n) is 6.49. The van der Waals surface area contributed by atoms with Crippen LogP contribution in [0.2, 0.25) is 0 Å². The molecule has 18 heavy (non-hydrogen) atoms. The van der Waals surface area contributed by atoms with Gasteiger partial charge in [0.25, 0.3) is 0 Å². The summed E-state index contributed by atoms with van der Waals surface area (Å²) in [4.78, 5) is 13.7. The number of urea groups is 1. The number of hydrogen-bond acceptors (Lipinski definition) is 2. The molecule has 2 rings (SSSR count). The zero-order chi connectivity index (χ0) is 12.8. The summed E-state index contributed by atoms with van der Waals surface area (Å²) in [7, 11) is 0. The van der Waals surface area contributed by atoms with E-state index in [1.807, 2.05) is 34.9 Å². The van der Waals surface area contributed by atoms with Crippen molar-refractivity contribution in [1.82, 2.24) is 10.2 Å². The Morgan fingerprint density at radius 3 is 2.83 bits per heavy atom. The van der Waals surface area contributed by atoms with Gasteiger partial charge in [-0.15, -0.1) is 0 Å². The lowest BCUT2D eigenvalue weighted by atomic mass is 10.1. The van der Waals surface area contributed by atoms with Gasteiger partial charge in [-0.2, -0.15) is 11.8 Å². The van der Waals surface area contributed by atoms with Gasteiger partial charge in [0.05, 0.1) is 6.04 Å². The van der Waals surface area contributed by atoms with Crippen molar-refractivity contribution in [3.63, 3.8) is 0 Å². The molecule has 1 aromatic rings. The first-order valence-corrected chi connectivity index (χ1v) is 7.65. The molecular weight excluding hydrogens is 244 g/mol. The molecule has 1 N–H and O–H groups in total. The predicted octanol–water partition coefficient (Wildman–Crippen LogP) is 2.90. The normalized spacial score (nSPS) is 19.1. The van der Waals surface area contributed by atoms with Gasteiger partial charge in [0.2, 0.25) is 0 Å². The molecule has 4 heteroatoms. The monoisotopic (exact) mass is 264 g/mol. The van der Waals surface area contributed by atoms with Crippen molar-refractivity contribution in [2.45, 2.75) is 19.4 Å². The molecule has 98 valence electrons. The van der Waals surface area contributed by atoms with Gasteiger partial charge in [-0.25, -0.2) is 4.79 Å². The van der Waals surface area contributed by atoms with Gasteiger partial charge in [0.1, 0.15) is 0 Å². The molecule has 1 fully saturated rings. The third-order valence-corrected chi connectivity index (χ3v) is 4.21. The van der Waals surface area contributed by atoms with Gasteiger partial charge in [-0.1, -0.05) is 37.3 Å². The Labute approximate surface area is 113 Å². The van der Waals surface area contributed by atoms with Gasteiger partial charge in [-0.05, 0) is 17.7 Å². The summed E-state index contributed by atoms with van der Waals surface area (Å²) in [6, 6.07) is 10.4. The van der Waals surface area contributed by atoms with Crippen LogP contribution in [0.1, 0.15) is 24.9 Å². The van der Waals surface area contributed by atoms with E-state index >= 15 is 0 Å². The van der Waals surface area contributed by atoms with Crippen molar-refractivity contribution in [2.24, 2.45) is 0 Å². The molecule has 1 heterocycles. The number of nitrogens with zero attached hydrogens (tertiary/aromatic N) is 1. The van der Waals surface area contributed by atoms with E-state index < -0.39 is 0 Å². The van der Waals surface area contributed by atoms with Crippen molar-refractivity contribution in [2.75, 3.05) is 24.6 Å². The lowest BCUT2D eigenvalue weighted by Gasteiger charge is -2.14. The fraction of sp³-hybridized carbons (Fsp3) is 0.500. The Hall–Kier alpha value is -1.16. The molecule has 1 saturated heterocycles. The summed E-state index contributed by atoms with van der Waals surface area (Å²) in [6.07, 6.45) is 1.20. The van der Waals surface area contributed by atoms with E-state index in [0.29, 0.717) is 0 Å². The van der Waals surface area contributed by atoms with Crippen LogP contribution >= 0.6 is 11.8 Å². The first kappa shape index (κ1) is 13.3. The van der Waals surface area contributed by atoms with Crippen LogP contribution in [0, 0.1) is 0 Å². The average Bonchev–Trinajstić information content (AvgIpc) is 2.77. The van der Waals surface area contributed by atoms with Crippen molar-refractivity contribution in [3.8, 4) is 0 Å². The second-order valence-corrected chi connectivity index (χ2v) is 5.70. The van der Waals surface area contributed by atoms with Crippen molar-refractivity contribution < 1.29 is 4.79 Å². The molecule has 0 spiro atoms. The molecule has 1 aliphatic heterocycles. The maximum atomic E-state index is 11.8. The van der Waals surface area contributed by atoms with Crippen LogP contribution in [-0.2, 0) is 0 Å². The maximum Gasteiger partial charge on any atom is 0.318 e. The highest BCUT2D eigenvalue weighted by Crippen LogP contribution is 2.20. The summed E-state index contributed by atoms with van der Waals surface area (Å²) in [5.41, 5.74) is 1.19. The third kappa shape index (κ3) is 3.42. The molecule has 0 aromatic heterocycles. The Bertz CT molecular complexity index is 383. The number of carbonyl (C=O) groups is 1. The average molecular weight is 264 g/mol. The third-order valence-electron chi connectivity index (χ3n) is 3.04. The molecule has 0 saturated carbocycles. The van der Waals surface area contributed by atoms with E-state index in [1.54, 1.807) is 0 Å². The van der Waals surface area contributed by atoms with E-state index in [0.717, 1.165) is 18.8 Å². The molecule has 2 amide bonds. The number of hydrogen-bond donors (Lipinski definition) is 1. The summed E-state index contributed by atoms with van der Waals surface area (Å²) in [6.45, 7) is 3.82. The molecule has 0 bridgehead atoms. The zero-order valence-corrected chi connectivity index (χ0v) is 11.6. The fourth-order valence-electron chi connectivity index (χ4n) is 2.08. The quantitative estimate of drug-likeness (QED) is 0.801. The van der Waals surface area contributed by atoms with E-state index in [9.17, 15) is 4.79 Å². The summed E-state index contributed by atoms with van der Waals surface area (Å²) >= 11 is 1.92. The molecule has 0 aliphatic carbocycles. The van der Waals surface area contributed by atoms with E-state index in [-0.39, 0.29) is 12.1 Å². The van der Waals surface area contributed by atoms with Crippen LogP contribution < -0.4 is 5.32 Å². The number of nitrogens with one attached hydrogen (secondary N) is 1. The summed E-state index contributed by atoms with van der Waals surface area (Å²) in [5, 5.41) is 3.04. The molecule has 0 radical (unpaired) electrons. The highest BCUT2D eigenvalue weighted by atomic mass is 32.2. The van der Waals surface area contributed by atoms with Crippen LogP contribution in [0.15, 0.2) is 30.3 Å². The summed E-state index contributed by atoms with van der Waals surface area (Å²) < 4.78 is 0. The van der Waals surface area contributed by atoms with Crippen LogP contribution in [0.5, 0.6) is 0 Å². The van der Waals surface area contributed by atoms with Crippen molar-refractivity contribution in [1.29, 1.82) is 0 Å². The lowest BCUT2D eigenvalue weighted by molar-refractivity contribution is 0.220. The Morgan fingerprint density at radius 2 is 2.11 bits per heavy atom. The van der Waals surface area contributed by atoms with E-state index in [1.165, 1.54) is 17.7 Å². The number of amides is 2. The predicted molar refractivity (Wildman–Crippen MR) is 76.9 cm³/mol. The topological polar surface area (TPSA) is 32.3 Å². The minimum Gasteiger partial charge on any atom is -0.329 e. The largest absolute Gasteiger partial charge is 0.329 e. The van der Waals surface area contributed by atoms with Crippen LogP contribution in [0.25, 0.3) is 0 Å². The molecule has 1 aromatic carbocycles. The minimum atomic E-state index is 0.0703. The number of rotatable bonds is 6. The Morgan fingerprint density at radius 1 is 1.33 bits per heavy atom. The van der Waals surface area contributed by atoms with Crippen LogP contribution in [0.4, 0.5) is 4.79 Å². The minimum absolute atomic E-state index is 0.0703.